The summed E-state index contributed by atoms with van der Waals surface area (Å²) in [6, 6.07) is 11.5. The number of carbonyl (C=O) groups is 1. The van der Waals surface area contributed by atoms with Crippen molar-refractivity contribution in [2.75, 3.05) is 0 Å². The highest BCUT2D eigenvalue weighted by Crippen LogP contribution is 2.29. The summed E-state index contributed by atoms with van der Waals surface area (Å²) < 4.78 is 37.7. The number of rotatable bonds is 3. The van der Waals surface area contributed by atoms with Crippen molar-refractivity contribution in [3.05, 3.63) is 70.8 Å². The third-order valence-electron chi connectivity index (χ3n) is 2.91. The minimum absolute atomic E-state index is 0.249. The summed E-state index contributed by atoms with van der Waals surface area (Å²) in [6.45, 7) is 1.90. The van der Waals surface area contributed by atoms with E-state index in [-0.39, 0.29) is 5.56 Å². The summed E-state index contributed by atoms with van der Waals surface area (Å²) in [5.41, 5.74) is 3.20. The molecule has 2 aromatic carbocycles. The normalized spacial score (nSPS) is 11.6. The quantitative estimate of drug-likeness (QED) is 0.680. The van der Waals surface area contributed by atoms with Gasteiger partial charge in [0.05, 0.1) is 11.8 Å². The van der Waals surface area contributed by atoms with Gasteiger partial charge in [-0.3, -0.25) is 4.79 Å². The van der Waals surface area contributed by atoms with Crippen molar-refractivity contribution in [2.24, 2.45) is 5.10 Å². The van der Waals surface area contributed by atoms with E-state index in [9.17, 15) is 18.0 Å². The van der Waals surface area contributed by atoms with Crippen LogP contribution >= 0.6 is 0 Å². The van der Waals surface area contributed by atoms with Gasteiger partial charge in [-0.2, -0.15) is 18.3 Å². The van der Waals surface area contributed by atoms with Gasteiger partial charge in [-0.05, 0) is 36.8 Å². The second kappa shape index (κ2) is 6.43. The van der Waals surface area contributed by atoms with Crippen molar-refractivity contribution in [3.8, 4) is 0 Å². The fraction of sp³-hybridized carbons (Fsp3) is 0.125. The van der Waals surface area contributed by atoms with Crippen LogP contribution in [0.15, 0.2) is 53.6 Å². The highest BCUT2D eigenvalue weighted by molar-refractivity contribution is 5.94. The van der Waals surface area contributed by atoms with E-state index in [1.807, 2.05) is 6.92 Å². The minimum atomic E-state index is -4.41. The molecule has 2 rings (SSSR count). The monoisotopic (exact) mass is 306 g/mol. The Morgan fingerprint density at radius 3 is 2.45 bits per heavy atom. The van der Waals surface area contributed by atoms with Crippen LogP contribution in [-0.4, -0.2) is 12.1 Å². The van der Waals surface area contributed by atoms with Crippen LogP contribution in [0.25, 0.3) is 0 Å². The first-order valence-corrected chi connectivity index (χ1v) is 6.43. The summed E-state index contributed by atoms with van der Waals surface area (Å²) in [4.78, 5) is 11.8. The van der Waals surface area contributed by atoms with Crippen LogP contribution in [-0.2, 0) is 6.18 Å². The number of hydrogen-bond donors (Lipinski definition) is 1. The first-order chi connectivity index (χ1) is 10.4. The Morgan fingerprint density at radius 2 is 1.82 bits per heavy atom. The number of carbonyl (C=O) groups excluding carboxylic acids is 1. The van der Waals surface area contributed by atoms with Gasteiger partial charge in [0.15, 0.2) is 0 Å². The number of alkyl halides is 3. The Labute approximate surface area is 125 Å². The molecule has 0 bridgehead atoms. The molecule has 0 aliphatic rings. The first kappa shape index (κ1) is 15.8. The second-order valence-corrected chi connectivity index (χ2v) is 4.69. The second-order valence-electron chi connectivity index (χ2n) is 4.69. The maximum atomic E-state index is 12.6. The zero-order valence-electron chi connectivity index (χ0n) is 11.7. The van der Waals surface area contributed by atoms with Crippen LogP contribution in [0.5, 0.6) is 0 Å². The van der Waals surface area contributed by atoms with Gasteiger partial charge in [0, 0.05) is 5.56 Å². The van der Waals surface area contributed by atoms with Crippen molar-refractivity contribution in [1.82, 2.24) is 5.43 Å². The standard InChI is InChI=1S/C16H13F3N2O/c1-11-5-7-13(8-6-11)15(22)21-20-10-12-3-2-4-14(9-12)16(17,18)19/h2-10H,1H3,(H,21,22)/b20-10+. The van der Waals surface area contributed by atoms with Crippen molar-refractivity contribution in [1.29, 1.82) is 0 Å². The molecule has 0 spiro atoms. The Bertz CT molecular complexity index is 691. The summed E-state index contributed by atoms with van der Waals surface area (Å²) in [5.74, 6) is -0.428. The Kier molecular flexibility index (Phi) is 4.60. The van der Waals surface area contributed by atoms with Gasteiger partial charge < -0.3 is 0 Å². The average molecular weight is 306 g/mol. The molecule has 0 unspecified atom stereocenters. The summed E-state index contributed by atoms with van der Waals surface area (Å²) in [7, 11) is 0. The lowest BCUT2D eigenvalue weighted by Crippen LogP contribution is -2.17. The number of halogens is 3. The molecule has 0 radical (unpaired) electrons. The van der Waals surface area contributed by atoms with Crippen LogP contribution in [0.3, 0.4) is 0 Å². The van der Waals surface area contributed by atoms with Gasteiger partial charge >= 0.3 is 6.18 Å². The number of nitrogens with zero attached hydrogens (tertiary/aromatic N) is 1. The Hall–Kier alpha value is -2.63. The lowest BCUT2D eigenvalue weighted by atomic mass is 10.1. The molecule has 1 N–H and O–H groups in total. The molecule has 1 amide bonds. The molecule has 0 saturated heterocycles. The number of amides is 1. The smallest absolute Gasteiger partial charge is 0.267 e. The number of hydrazone groups is 1. The third-order valence-corrected chi connectivity index (χ3v) is 2.91. The van der Waals surface area contributed by atoms with Crippen LogP contribution < -0.4 is 5.43 Å². The van der Waals surface area contributed by atoms with Gasteiger partial charge in [-0.1, -0.05) is 29.8 Å². The largest absolute Gasteiger partial charge is 0.416 e. The van der Waals surface area contributed by atoms with Gasteiger partial charge in [0.25, 0.3) is 5.91 Å². The van der Waals surface area contributed by atoms with E-state index in [4.69, 9.17) is 0 Å². The fourth-order valence-corrected chi connectivity index (χ4v) is 1.73. The summed E-state index contributed by atoms with van der Waals surface area (Å²) in [5, 5.41) is 3.67. The molecule has 0 saturated carbocycles. The molecular formula is C16H13F3N2O. The van der Waals surface area contributed by atoms with Crippen LogP contribution in [0, 0.1) is 6.92 Å². The van der Waals surface area contributed by atoms with Crippen LogP contribution in [0.4, 0.5) is 13.2 Å². The lowest BCUT2D eigenvalue weighted by molar-refractivity contribution is -0.137. The zero-order valence-corrected chi connectivity index (χ0v) is 11.7. The van der Waals surface area contributed by atoms with Gasteiger partial charge in [0.1, 0.15) is 0 Å². The van der Waals surface area contributed by atoms with E-state index in [0.29, 0.717) is 5.56 Å². The molecular weight excluding hydrogens is 293 g/mol. The molecule has 22 heavy (non-hydrogen) atoms. The van der Waals surface area contributed by atoms with Crippen molar-refractivity contribution < 1.29 is 18.0 Å². The molecule has 2 aromatic rings. The highest BCUT2D eigenvalue weighted by atomic mass is 19.4. The molecule has 3 nitrogen and oxygen atoms in total. The molecule has 0 aliphatic carbocycles. The molecule has 0 atom stereocenters. The number of aryl methyl sites for hydroxylation is 1. The van der Waals surface area contributed by atoms with E-state index in [1.165, 1.54) is 18.3 Å². The molecule has 114 valence electrons. The fourth-order valence-electron chi connectivity index (χ4n) is 1.73. The van der Waals surface area contributed by atoms with E-state index in [2.05, 4.69) is 10.5 Å². The van der Waals surface area contributed by atoms with Gasteiger partial charge in [-0.25, -0.2) is 5.43 Å². The van der Waals surface area contributed by atoms with Crippen molar-refractivity contribution >= 4 is 12.1 Å². The predicted molar refractivity (Wildman–Crippen MR) is 77.7 cm³/mol. The minimum Gasteiger partial charge on any atom is -0.267 e. The average Bonchev–Trinajstić information content (AvgIpc) is 2.47. The first-order valence-electron chi connectivity index (χ1n) is 6.43. The van der Waals surface area contributed by atoms with E-state index >= 15 is 0 Å². The topological polar surface area (TPSA) is 41.5 Å². The van der Waals surface area contributed by atoms with Gasteiger partial charge in [-0.15, -0.1) is 0 Å². The highest BCUT2D eigenvalue weighted by Gasteiger charge is 2.30. The SMILES string of the molecule is Cc1ccc(C(=O)N/N=C/c2cccc(C(F)(F)F)c2)cc1. The Morgan fingerprint density at radius 1 is 1.14 bits per heavy atom. The van der Waals surface area contributed by atoms with E-state index in [1.54, 1.807) is 24.3 Å². The van der Waals surface area contributed by atoms with Crippen molar-refractivity contribution in [2.45, 2.75) is 13.1 Å². The predicted octanol–water partition coefficient (Wildman–Crippen LogP) is 3.78. The lowest BCUT2D eigenvalue weighted by Gasteiger charge is -2.06. The van der Waals surface area contributed by atoms with Crippen LogP contribution in [0.2, 0.25) is 0 Å². The maximum absolute atomic E-state index is 12.6. The summed E-state index contributed by atoms with van der Waals surface area (Å²) in [6.07, 6.45) is -3.24. The summed E-state index contributed by atoms with van der Waals surface area (Å²) >= 11 is 0. The van der Waals surface area contributed by atoms with E-state index < -0.39 is 17.6 Å². The third kappa shape index (κ3) is 4.18. The number of hydrogen-bond acceptors (Lipinski definition) is 2. The molecule has 6 heteroatoms. The van der Waals surface area contributed by atoms with Gasteiger partial charge in [0.2, 0.25) is 0 Å². The van der Waals surface area contributed by atoms with E-state index in [0.717, 1.165) is 17.7 Å². The Balaban J connectivity index is 2.03. The zero-order chi connectivity index (χ0) is 16.2. The van der Waals surface area contributed by atoms with Crippen molar-refractivity contribution in [3.63, 3.8) is 0 Å². The molecule has 0 heterocycles. The molecule has 0 fully saturated rings. The number of nitrogens with one attached hydrogen (secondary N) is 1. The maximum Gasteiger partial charge on any atom is 0.416 e. The van der Waals surface area contributed by atoms with Crippen LogP contribution in [0.1, 0.15) is 27.0 Å². The molecule has 0 aromatic heterocycles. The number of benzene rings is 2. The molecule has 0 aliphatic heterocycles.